The largest absolute Gasteiger partial charge is 0.326 e. The van der Waals surface area contributed by atoms with Crippen molar-refractivity contribution < 1.29 is 4.79 Å². The monoisotopic (exact) mass is 358 g/mol. The highest BCUT2D eigenvalue weighted by Gasteiger charge is 2.06. The second-order valence-electron chi connectivity index (χ2n) is 4.06. The second-order valence-corrected chi connectivity index (χ2v) is 6.94. The SMILES string of the molecule is CSc1nc2ccc(NC(=O)CCCCBr)cc2s1. The van der Waals surface area contributed by atoms with Gasteiger partial charge in [0.15, 0.2) is 4.34 Å². The Bertz CT molecular complexity index is 571. The minimum absolute atomic E-state index is 0.0786. The van der Waals surface area contributed by atoms with Crippen molar-refractivity contribution in [1.29, 1.82) is 0 Å². The molecule has 6 heteroatoms. The van der Waals surface area contributed by atoms with Gasteiger partial charge in [-0.2, -0.15) is 0 Å². The molecular weight excluding hydrogens is 344 g/mol. The maximum atomic E-state index is 11.7. The molecule has 19 heavy (non-hydrogen) atoms. The van der Waals surface area contributed by atoms with E-state index >= 15 is 0 Å². The maximum Gasteiger partial charge on any atom is 0.224 e. The lowest BCUT2D eigenvalue weighted by atomic mass is 10.2. The molecule has 0 radical (unpaired) electrons. The van der Waals surface area contributed by atoms with Crippen molar-refractivity contribution in [2.75, 3.05) is 16.9 Å². The molecule has 0 aliphatic heterocycles. The number of anilines is 1. The first-order valence-corrected chi connectivity index (χ1v) is 9.19. The summed E-state index contributed by atoms with van der Waals surface area (Å²) in [5.41, 5.74) is 1.85. The predicted molar refractivity (Wildman–Crippen MR) is 87.7 cm³/mol. The summed E-state index contributed by atoms with van der Waals surface area (Å²) < 4.78 is 2.17. The van der Waals surface area contributed by atoms with Gasteiger partial charge in [-0.05, 0) is 37.3 Å². The number of thioether (sulfide) groups is 1. The number of rotatable bonds is 6. The van der Waals surface area contributed by atoms with Gasteiger partial charge in [0.25, 0.3) is 0 Å². The molecule has 1 N–H and O–H groups in total. The molecule has 0 unspecified atom stereocenters. The Morgan fingerprint density at radius 3 is 3.05 bits per heavy atom. The van der Waals surface area contributed by atoms with Gasteiger partial charge in [-0.25, -0.2) is 4.98 Å². The molecule has 0 fully saturated rings. The van der Waals surface area contributed by atoms with Gasteiger partial charge in [-0.1, -0.05) is 27.7 Å². The van der Waals surface area contributed by atoms with E-state index in [1.807, 2.05) is 24.5 Å². The predicted octanol–water partition coefficient (Wildman–Crippen LogP) is 4.52. The van der Waals surface area contributed by atoms with Crippen LogP contribution in [0.2, 0.25) is 0 Å². The van der Waals surface area contributed by atoms with Crippen LogP contribution in [0.15, 0.2) is 22.5 Å². The van der Waals surface area contributed by atoms with E-state index in [1.165, 1.54) is 0 Å². The molecule has 102 valence electrons. The molecule has 1 aromatic heterocycles. The molecule has 1 amide bonds. The zero-order valence-electron chi connectivity index (χ0n) is 10.6. The summed E-state index contributed by atoms with van der Waals surface area (Å²) in [5.74, 6) is 0.0786. The summed E-state index contributed by atoms with van der Waals surface area (Å²) in [4.78, 5) is 16.2. The topological polar surface area (TPSA) is 42.0 Å². The minimum Gasteiger partial charge on any atom is -0.326 e. The van der Waals surface area contributed by atoms with E-state index < -0.39 is 0 Å². The Morgan fingerprint density at radius 2 is 2.32 bits per heavy atom. The Morgan fingerprint density at radius 1 is 1.47 bits per heavy atom. The number of benzene rings is 1. The smallest absolute Gasteiger partial charge is 0.224 e. The van der Waals surface area contributed by atoms with Gasteiger partial charge >= 0.3 is 0 Å². The Hall–Kier alpha value is -0.590. The van der Waals surface area contributed by atoms with Crippen molar-refractivity contribution >= 4 is 60.8 Å². The Balaban J connectivity index is 2.02. The van der Waals surface area contributed by atoms with Crippen LogP contribution in [-0.4, -0.2) is 22.5 Å². The van der Waals surface area contributed by atoms with E-state index in [0.29, 0.717) is 6.42 Å². The third kappa shape index (κ3) is 4.19. The molecule has 0 atom stereocenters. The third-order valence-corrected chi connectivity index (χ3v) is 5.18. The van der Waals surface area contributed by atoms with Crippen LogP contribution in [-0.2, 0) is 4.79 Å². The second kappa shape index (κ2) is 7.26. The fourth-order valence-corrected chi connectivity index (χ4v) is 3.60. The number of unbranched alkanes of at least 4 members (excludes halogenated alkanes) is 1. The van der Waals surface area contributed by atoms with Gasteiger partial charge in [0.2, 0.25) is 5.91 Å². The summed E-state index contributed by atoms with van der Waals surface area (Å²) >= 11 is 6.66. The molecule has 0 saturated heterocycles. The zero-order chi connectivity index (χ0) is 13.7. The van der Waals surface area contributed by atoms with Gasteiger partial charge in [0.05, 0.1) is 10.2 Å². The number of aromatic nitrogens is 1. The number of nitrogens with zero attached hydrogens (tertiary/aromatic N) is 1. The number of carbonyl (C=O) groups excluding carboxylic acids is 1. The van der Waals surface area contributed by atoms with Crippen LogP contribution in [0, 0.1) is 0 Å². The molecule has 2 aromatic rings. The van der Waals surface area contributed by atoms with E-state index in [4.69, 9.17) is 0 Å². The van der Waals surface area contributed by atoms with Crippen molar-refractivity contribution in [2.45, 2.75) is 23.6 Å². The van der Waals surface area contributed by atoms with Crippen molar-refractivity contribution in [1.82, 2.24) is 4.98 Å². The first-order valence-electron chi connectivity index (χ1n) is 6.03. The lowest BCUT2D eigenvalue weighted by Gasteiger charge is -2.04. The van der Waals surface area contributed by atoms with Gasteiger partial charge < -0.3 is 5.32 Å². The molecule has 1 heterocycles. The summed E-state index contributed by atoms with van der Waals surface area (Å²) in [5, 5.41) is 3.89. The fourth-order valence-electron chi connectivity index (χ4n) is 1.67. The summed E-state index contributed by atoms with van der Waals surface area (Å²) in [6.45, 7) is 0. The van der Waals surface area contributed by atoms with Crippen LogP contribution in [0.3, 0.4) is 0 Å². The summed E-state index contributed by atoms with van der Waals surface area (Å²) in [7, 11) is 0. The molecular formula is C13H15BrN2OS2. The minimum atomic E-state index is 0.0786. The van der Waals surface area contributed by atoms with Gasteiger partial charge in [0.1, 0.15) is 0 Å². The van der Waals surface area contributed by atoms with Crippen molar-refractivity contribution in [2.24, 2.45) is 0 Å². The lowest BCUT2D eigenvalue weighted by molar-refractivity contribution is -0.116. The van der Waals surface area contributed by atoms with Crippen LogP contribution in [0.25, 0.3) is 10.2 Å². The fraction of sp³-hybridized carbons (Fsp3) is 0.385. The highest BCUT2D eigenvalue weighted by molar-refractivity contribution is 9.09. The van der Waals surface area contributed by atoms with E-state index in [0.717, 1.165) is 38.4 Å². The summed E-state index contributed by atoms with van der Waals surface area (Å²) in [6.07, 6.45) is 4.53. The molecule has 1 aromatic carbocycles. The van der Waals surface area contributed by atoms with Crippen LogP contribution >= 0.6 is 39.0 Å². The summed E-state index contributed by atoms with van der Waals surface area (Å²) in [6, 6.07) is 5.86. The van der Waals surface area contributed by atoms with Crippen LogP contribution in [0.5, 0.6) is 0 Å². The number of carbonyl (C=O) groups is 1. The van der Waals surface area contributed by atoms with Gasteiger partial charge in [-0.3, -0.25) is 4.79 Å². The lowest BCUT2D eigenvalue weighted by Crippen LogP contribution is -2.10. The Kier molecular flexibility index (Phi) is 5.66. The van der Waals surface area contributed by atoms with Gasteiger partial charge in [-0.15, -0.1) is 11.3 Å². The molecule has 0 spiro atoms. The number of amides is 1. The van der Waals surface area contributed by atoms with Crippen molar-refractivity contribution in [3.05, 3.63) is 18.2 Å². The number of thiazole rings is 1. The number of alkyl halides is 1. The highest BCUT2D eigenvalue weighted by atomic mass is 79.9. The van der Waals surface area contributed by atoms with Crippen molar-refractivity contribution in [3.63, 3.8) is 0 Å². The van der Waals surface area contributed by atoms with E-state index in [2.05, 4.69) is 26.2 Å². The highest BCUT2D eigenvalue weighted by Crippen LogP contribution is 2.29. The van der Waals surface area contributed by atoms with Crippen LogP contribution in [0.4, 0.5) is 5.69 Å². The average Bonchev–Trinajstić information content (AvgIpc) is 2.81. The molecule has 0 bridgehead atoms. The third-order valence-electron chi connectivity index (χ3n) is 2.61. The Labute approximate surface area is 129 Å². The maximum absolute atomic E-state index is 11.7. The number of hydrogen-bond acceptors (Lipinski definition) is 4. The van der Waals surface area contributed by atoms with E-state index in [1.54, 1.807) is 23.1 Å². The average molecular weight is 359 g/mol. The van der Waals surface area contributed by atoms with Crippen LogP contribution in [0.1, 0.15) is 19.3 Å². The number of halogens is 1. The van der Waals surface area contributed by atoms with Crippen molar-refractivity contribution in [3.8, 4) is 0 Å². The first kappa shape index (κ1) is 14.8. The molecule has 0 saturated carbocycles. The standard InChI is InChI=1S/C13H15BrN2OS2/c1-18-13-16-10-6-5-9(8-11(10)19-13)15-12(17)4-2-3-7-14/h5-6,8H,2-4,7H2,1H3,(H,15,17). The number of fused-ring (bicyclic) bond motifs is 1. The molecule has 0 aliphatic rings. The quantitative estimate of drug-likeness (QED) is 0.468. The van der Waals surface area contributed by atoms with E-state index in [-0.39, 0.29) is 5.91 Å². The first-order chi connectivity index (χ1) is 9.22. The normalized spacial score (nSPS) is 10.8. The molecule has 0 aliphatic carbocycles. The van der Waals surface area contributed by atoms with Gasteiger partial charge in [0, 0.05) is 17.4 Å². The molecule has 3 nitrogen and oxygen atoms in total. The van der Waals surface area contributed by atoms with Crippen LogP contribution < -0.4 is 5.32 Å². The number of nitrogens with one attached hydrogen (secondary N) is 1. The molecule has 2 rings (SSSR count). The number of hydrogen-bond donors (Lipinski definition) is 1. The van der Waals surface area contributed by atoms with E-state index in [9.17, 15) is 4.79 Å². The zero-order valence-corrected chi connectivity index (χ0v) is 13.8.